The molecule has 0 amide bonds. The largest absolute Gasteiger partial charge is 0.381 e. The van der Waals surface area contributed by atoms with Gasteiger partial charge in [-0.05, 0) is 74.7 Å². The van der Waals surface area contributed by atoms with Crippen LogP contribution in [0.2, 0.25) is 0 Å². The minimum Gasteiger partial charge on any atom is -0.381 e. The van der Waals surface area contributed by atoms with Crippen LogP contribution in [0.25, 0.3) is 16.9 Å². The molecule has 0 bridgehead atoms. The molecule has 2 heterocycles. The van der Waals surface area contributed by atoms with Crippen molar-refractivity contribution in [3.63, 3.8) is 0 Å². The first-order valence-corrected chi connectivity index (χ1v) is 12.8. The molecule has 6 nitrogen and oxygen atoms in total. The van der Waals surface area contributed by atoms with Crippen molar-refractivity contribution < 1.29 is 4.68 Å². The number of hydrogen-bond acceptors (Lipinski definition) is 5. The smallest absolute Gasteiger partial charge is 0.275 e. The maximum atomic E-state index is 5.14. The molecule has 0 saturated heterocycles. The first-order valence-electron chi connectivity index (χ1n) is 12.8. The molecule has 5 rings (SSSR count). The Kier molecular flexibility index (Phi) is 7.03. The molecule has 0 saturated carbocycles. The third kappa shape index (κ3) is 4.85. The number of nitrogens with zero attached hydrogens (tertiary/aromatic N) is 5. The van der Waals surface area contributed by atoms with Gasteiger partial charge in [0.1, 0.15) is 5.69 Å². The van der Waals surface area contributed by atoms with Crippen LogP contribution in [-0.2, 0) is 6.42 Å². The van der Waals surface area contributed by atoms with Crippen molar-refractivity contribution in [3.8, 4) is 16.9 Å². The van der Waals surface area contributed by atoms with E-state index in [4.69, 9.17) is 10.2 Å². The van der Waals surface area contributed by atoms with Gasteiger partial charge in [-0.3, -0.25) is 0 Å². The summed E-state index contributed by atoms with van der Waals surface area (Å²) in [7, 11) is 0. The van der Waals surface area contributed by atoms with Crippen molar-refractivity contribution in [2.24, 2.45) is 10.2 Å². The van der Waals surface area contributed by atoms with E-state index in [1.807, 2.05) is 22.9 Å². The molecule has 0 atom stereocenters. The van der Waals surface area contributed by atoms with Gasteiger partial charge in [0.25, 0.3) is 5.69 Å². The van der Waals surface area contributed by atoms with Gasteiger partial charge in [0.15, 0.2) is 5.69 Å². The fourth-order valence-electron chi connectivity index (χ4n) is 4.66. The highest BCUT2D eigenvalue weighted by Gasteiger charge is 2.31. The SMILES string of the molecule is CCN(CC)c1ccc(-[n+]2nc3c(c(N=Nc4ccc(C)cc4)c2-c2ccccc2)NCCC3)cc1. The zero-order chi connectivity index (χ0) is 24.9. The fraction of sp³-hybridized carbons (Fsp3) is 0.267. The van der Waals surface area contributed by atoms with Gasteiger partial charge in [-0.15, -0.1) is 5.11 Å². The Bertz CT molecular complexity index is 1340. The highest BCUT2D eigenvalue weighted by Crippen LogP contribution is 2.39. The minimum atomic E-state index is 0.819. The van der Waals surface area contributed by atoms with Crippen LogP contribution in [0.15, 0.2) is 89.1 Å². The van der Waals surface area contributed by atoms with Gasteiger partial charge < -0.3 is 10.2 Å². The molecule has 1 N–H and O–H groups in total. The van der Waals surface area contributed by atoms with E-state index in [1.165, 1.54) is 11.3 Å². The Morgan fingerprint density at radius 2 is 1.61 bits per heavy atom. The quantitative estimate of drug-likeness (QED) is 0.231. The lowest BCUT2D eigenvalue weighted by molar-refractivity contribution is -0.648. The monoisotopic (exact) mass is 477 g/mol. The Morgan fingerprint density at radius 1 is 0.889 bits per heavy atom. The lowest BCUT2D eigenvalue weighted by Crippen LogP contribution is -2.40. The Morgan fingerprint density at radius 3 is 2.31 bits per heavy atom. The average molecular weight is 478 g/mol. The van der Waals surface area contributed by atoms with E-state index in [0.717, 1.165) is 72.2 Å². The van der Waals surface area contributed by atoms with Crippen molar-refractivity contribution in [2.45, 2.75) is 33.6 Å². The summed E-state index contributed by atoms with van der Waals surface area (Å²) in [6, 6.07) is 27.1. The summed E-state index contributed by atoms with van der Waals surface area (Å²) in [4.78, 5) is 2.35. The van der Waals surface area contributed by atoms with E-state index in [0.29, 0.717) is 0 Å². The molecule has 0 aliphatic carbocycles. The van der Waals surface area contributed by atoms with Gasteiger partial charge in [-0.1, -0.05) is 35.9 Å². The van der Waals surface area contributed by atoms with E-state index in [-0.39, 0.29) is 0 Å². The molecule has 0 unspecified atom stereocenters. The van der Waals surface area contributed by atoms with Gasteiger partial charge >= 0.3 is 0 Å². The summed E-state index contributed by atoms with van der Waals surface area (Å²) < 4.78 is 2.04. The van der Waals surface area contributed by atoms with Gasteiger partial charge in [-0.25, -0.2) is 0 Å². The standard InChI is InChI=1S/C30H32N6/c1-4-35(5-2)25-17-19-26(20-18-25)36-30(23-10-7-6-8-11-23)29(28-27(34-36)12-9-21-31-28)33-32-24-15-13-22(3)14-16-24/h6-8,10-11,13-20H,4-5,9,12,21H2,1-3H3/p+1. The summed E-state index contributed by atoms with van der Waals surface area (Å²) in [5.74, 6) is 0. The first-order chi connectivity index (χ1) is 17.7. The number of rotatable bonds is 7. The molecule has 182 valence electrons. The first kappa shape index (κ1) is 23.7. The van der Waals surface area contributed by atoms with Crippen LogP contribution < -0.4 is 14.9 Å². The molecule has 1 aliphatic rings. The Labute approximate surface area is 213 Å². The van der Waals surface area contributed by atoms with Gasteiger partial charge in [-0.2, -0.15) is 5.11 Å². The molecule has 6 heteroatoms. The Balaban J connectivity index is 1.71. The summed E-state index contributed by atoms with van der Waals surface area (Å²) in [6.07, 6.45) is 1.95. The number of azo groups is 1. The molecule has 36 heavy (non-hydrogen) atoms. The van der Waals surface area contributed by atoms with Crippen LogP contribution in [0.4, 0.5) is 22.7 Å². The van der Waals surface area contributed by atoms with E-state index >= 15 is 0 Å². The van der Waals surface area contributed by atoms with E-state index in [2.05, 4.69) is 96.8 Å². The molecule has 0 fully saturated rings. The number of benzene rings is 3. The second-order valence-electron chi connectivity index (χ2n) is 9.05. The molecular weight excluding hydrogens is 444 g/mol. The molecular formula is C30H33N6+. The number of fused-ring (bicyclic) bond motifs is 1. The van der Waals surface area contributed by atoms with Crippen LogP contribution in [0, 0.1) is 6.92 Å². The predicted octanol–water partition coefficient (Wildman–Crippen LogP) is 6.95. The minimum absolute atomic E-state index is 0.819. The summed E-state index contributed by atoms with van der Waals surface area (Å²) >= 11 is 0. The van der Waals surface area contributed by atoms with Crippen molar-refractivity contribution in [1.29, 1.82) is 0 Å². The van der Waals surface area contributed by atoms with Crippen molar-refractivity contribution in [1.82, 2.24) is 5.10 Å². The second kappa shape index (κ2) is 10.7. The number of hydrogen-bond donors (Lipinski definition) is 1. The van der Waals surface area contributed by atoms with E-state index < -0.39 is 0 Å². The summed E-state index contributed by atoms with van der Waals surface area (Å²) in [5, 5.41) is 18.2. The molecule has 1 aromatic heterocycles. The van der Waals surface area contributed by atoms with Crippen LogP contribution >= 0.6 is 0 Å². The normalized spacial score (nSPS) is 12.9. The average Bonchev–Trinajstić information content (AvgIpc) is 2.93. The second-order valence-corrected chi connectivity index (χ2v) is 9.05. The van der Waals surface area contributed by atoms with Crippen LogP contribution in [0.5, 0.6) is 0 Å². The number of aryl methyl sites for hydroxylation is 2. The molecule has 0 spiro atoms. The lowest BCUT2D eigenvalue weighted by Gasteiger charge is -2.21. The van der Waals surface area contributed by atoms with Gasteiger partial charge in [0.2, 0.25) is 5.69 Å². The molecule has 1 aliphatic heterocycles. The number of aromatic nitrogens is 2. The van der Waals surface area contributed by atoms with Gasteiger partial charge in [0.05, 0.1) is 16.9 Å². The lowest BCUT2D eigenvalue weighted by atomic mass is 10.0. The predicted molar refractivity (Wildman–Crippen MR) is 147 cm³/mol. The van der Waals surface area contributed by atoms with Crippen LogP contribution in [0.1, 0.15) is 31.5 Å². The third-order valence-corrected chi connectivity index (χ3v) is 6.64. The van der Waals surface area contributed by atoms with E-state index in [1.54, 1.807) is 0 Å². The van der Waals surface area contributed by atoms with Crippen LogP contribution in [0.3, 0.4) is 0 Å². The Hall–Kier alpha value is -4.06. The van der Waals surface area contributed by atoms with Gasteiger partial charge in [0, 0.05) is 42.6 Å². The highest BCUT2D eigenvalue weighted by molar-refractivity contribution is 5.81. The topological polar surface area (TPSA) is 56.8 Å². The maximum Gasteiger partial charge on any atom is 0.275 e. The number of nitrogens with one attached hydrogen (secondary N) is 1. The summed E-state index contributed by atoms with van der Waals surface area (Å²) in [6.45, 7) is 9.30. The molecule has 3 aromatic carbocycles. The van der Waals surface area contributed by atoms with E-state index in [9.17, 15) is 0 Å². The van der Waals surface area contributed by atoms with Crippen molar-refractivity contribution in [2.75, 3.05) is 29.9 Å². The zero-order valence-corrected chi connectivity index (χ0v) is 21.3. The van der Waals surface area contributed by atoms with Crippen molar-refractivity contribution in [3.05, 3.63) is 90.1 Å². The molecule has 4 aromatic rings. The highest BCUT2D eigenvalue weighted by atomic mass is 15.3. The fourth-order valence-corrected chi connectivity index (χ4v) is 4.66. The summed E-state index contributed by atoms with van der Waals surface area (Å²) in [5.41, 5.74) is 9.04. The van der Waals surface area contributed by atoms with Crippen LogP contribution in [-0.4, -0.2) is 24.7 Å². The maximum absolute atomic E-state index is 5.14. The third-order valence-electron chi connectivity index (χ3n) is 6.64. The van der Waals surface area contributed by atoms with Crippen molar-refractivity contribution >= 4 is 22.7 Å². The molecule has 0 radical (unpaired) electrons. The zero-order valence-electron chi connectivity index (χ0n) is 21.3. The number of anilines is 2.